The fourth-order valence-corrected chi connectivity index (χ4v) is 2.08. The molecule has 0 fully saturated rings. The van der Waals surface area contributed by atoms with Gasteiger partial charge in [0, 0.05) is 18.7 Å². The monoisotopic (exact) mass is 330 g/mol. The van der Waals surface area contributed by atoms with E-state index >= 15 is 0 Å². The molecule has 2 N–H and O–H groups in total. The summed E-state index contributed by atoms with van der Waals surface area (Å²) in [4.78, 5) is 35.0. The summed E-state index contributed by atoms with van der Waals surface area (Å²) in [6.45, 7) is 2.89. The smallest absolute Gasteiger partial charge is 0.267 e. The molecule has 0 saturated carbocycles. The SMILES string of the molecule is COc1ccc(NC(C)=O)cc1NC(=O)Cn1nc(C)ccc1=O. The third-order valence-corrected chi connectivity index (χ3v) is 3.09. The summed E-state index contributed by atoms with van der Waals surface area (Å²) in [5, 5.41) is 9.29. The molecular formula is C16H18N4O4. The van der Waals surface area contributed by atoms with Gasteiger partial charge in [-0.1, -0.05) is 0 Å². The van der Waals surface area contributed by atoms with Gasteiger partial charge in [0.15, 0.2) is 0 Å². The minimum Gasteiger partial charge on any atom is -0.495 e. The number of hydrogen-bond acceptors (Lipinski definition) is 5. The predicted molar refractivity (Wildman–Crippen MR) is 89.2 cm³/mol. The first-order valence-corrected chi connectivity index (χ1v) is 7.19. The van der Waals surface area contributed by atoms with Crippen LogP contribution >= 0.6 is 0 Å². The second kappa shape index (κ2) is 7.40. The normalized spacial score (nSPS) is 10.1. The Labute approximate surface area is 138 Å². The molecule has 2 amide bonds. The van der Waals surface area contributed by atoms with Crippen molar-refractivity contribution in [2.45, 2.75) is 20.4 Å². The molecule has 2 aromatic rings. The maximum Gasteiger partial charge on any atom is 0.267 e. The lowest BCUT2D eigenvalue weighted by Crippen LogP contribution is -2.29. The summed E-state index contributed by atoms with van der Waals surface area (Å²) in [6, 6.07) is 7.79. The standard InChI is InChI=1S/C16H18N4O4/c1-10-4-7-16(23)20(19-10)9-15(22)18-13-8-12(17-11(2)21)5-6-14(13)24-3/h4-8H,9H2,1-3H3,(H,17,21)(H,18,22). The van der Waals surface area contributed by atoms with Crippen LogP contribution in [0.25, 0.3) is 0 Å². The summed E-state index contributed by atoms with van der Waals surface area (Å²) in [6.07, 6.45) is 0. The zero-order valence-electron chi connectivity index (χ0n) is 13.6. The highest BCUT2D eigenvalue weighted by atomic mass is 16.5. The van der Waals surface area contributed by atoms with Crippen LogP contribution in [0.2, 0.25) is 0 Å². The molecule has 0 radical (unpaired) electrons. The van der Waals surface area contributed by atoms with Crippen LogP contribution in [-0.2, 0) is 16.1 Å². The molecule has 0 unspecified atom stereocenters. The minimum absolute atomic E-state index is 0.228. The molecule has 1 aromatic carbocycles. The van der Waals surface area contributed by atoms with Gasteiger partial charge in [0.1, 0.15) is 12.3 Å². The lowest BCUT2D eigenvalue weighted by Gasteiger charge is -2.12. The van der Waals surface area contributed by atoms with Crippen molar-refractivity contribution in [3.63, 3.8) is 0 Å². The third kappa shape index (κ3) is 4.42. The van der Waals surface area contributed by atoms with Crippen molar-refractivity contribution < 1.29 is 14.3 Å². The molecule has 24 heavy (non-hydrogen) atoms. The first kappa shape index (κ1) is 17.2. The molecule has 0 saturated heterocycles. The number of aryl methyl sites for hydroxylation is 1. The summed E-state index contributed by atoms with van der Waals surface area (Å²) >= 11 is 0. The average molecular weight is 330 g/mol. The summed E-state index contributed by atoms with van der Waals surface area (Å²) in [5.74, 6) is -0.233. The van der Waals surface area contributed by atoms with Crippen LogP contribution in [0.4, 0.5) is 11.4 Å². The van der Waals surface area contributed by atoms with Crippen molar-refractivity contribution in [1.82, 2.24) is 9.78 Å². The number of rotatable bonds is 5. The van der Waals surface area contributed by atoms with Gasteiger partial charge in [-0.2, -0.15) is 5.10 Å². The molecule has 2 rings (SSSR count). The third-order valence-electron chi connectivity index (χ3n) is 3.09. The Balaban J connectivity index is 2.19. The Morgan fingerprint density at radius 3 is 2.62 bits per heavy atom. The topological polar surface area (TPSA) is 102 Å². The first-order valence-electron chi connectivity index (χ1n) is 7.19. The number of benzene rings is 1. The first-order chi connectivity index (χ1) is 11.4. The quantitative estimate of drug-likeness (QED) is 0.856. The lowest BCUT2D eigenvalue weighted by atomic mass is 10.2. The van der Waals surface area contributed by atoms with Crippen LogP contribution in [0.15, 0.2) is 35.1 Å². The fraction of sp³-hybridized carbons (Fsp3) is 0.250. The van der Waals surface area contributed by atoms with E-state index in [0.717, 1.165) is 4.68 Å². The fourth-order valence-electron chi connectivity index (χ4n) is 2.08. The van der Waals surface area contributed by atoms with Crippen LogP contribution in [0.1, 0.15) is 12.6 Å². The molecule has 0 bridgehead atoms. The lowest BCUT2D eigenvalue weighted by molar-refractivity contribution is -0.117. The number of methoxy groups -OCH3 is 1. The highest BCUT2D eigenvalue weighted by Crippen LogP contribution is 2.27. The molecule has 0 spiro atoms. The highest BCUT2D eigenvalue weighted by molar-refractivity contribution is 5.94. The Bertz CT molecular complexity index is 829. The van der Waals surface area contributed by atoms with Crippen LogP contribution in [0.3, 0.4) is 0 Å². The Morgan fingerprint density at radius 2 is 1.96 bits per heavy atom. The van der Waals surface area contributed by atoms with Gasteiger partial charge >= 0.3 is 0 Å². The second-order valence-electron chi connectivity index (χ2n) is 5.12. The van der Waals surface area contributed by atoms with Gasteiger partial charge in [0.2, 0.25) is 11.8 Å². The summed E-state index contributed by atoms with van der Waals surface area (Å²) in [7, 11) is 1.47. The average Bonchev–Trinajstić information content (AvgIpc) is 2.50. The zero-order chi connectivity index (χ0) is 17.7. The second-order valence-corrected chi connectivity index (χ2v) is 5.12. The van der Waals surface area contributed by atoms with Gasteiger partial charge in [-0.25, -0.2) is 4.68 Å². The molecule has 126 valence electrons. The van der Waals surface area contributed by atoms with Crippen molar-refractivity contribution in [2.75, 3.05) is 17.7 Å². The van der Waals surface area contributed by atoms with Gasteiger partial charge < -0.3 is 15.4 Å². The van der Waals surface area contributed by atoms with E-state index in [1.165, 1.54) is 20.1 Å². The molecule has 1 heterocycles. The Hall–Kier alpha value is -3.16. The predicted octanol–water partition coefficient (Wildman–Crippen LogP) is 1.16. The van der Waals surface area contributed by atoms with Gasteiger partial charge in [-0.15, -0.1) is 0 Å². The molecule has 0 aliphatic heterocycles. The number of nitrogens with one attached hydrogen (secondary N) is 2. The number of hydrogen-bond donors (Lipinski definition) is 2. The molecule has 8 nitrogen and oxygen atoms in total. The molecule has 1 aromatic heterocycles. The maximum atomic E-state index is 12.2. The van der Waals surface area contributed by atoms with E-state index in [1.807, 2.05) is 0 Å². The van der Waals surface area contributed by atoms with Gasteiger partial charge in [0.05, 0.1) is 18.5 Å². The Kier molecular flexibility index (Phi) is 5.31. The van der Waals surface area contributed by atoms with Gasteiger partial charge in [-0.3, -0.25) is 14.4 Å². The summed E-state index contributed by atoms with van der Waals surface area (Å²) < 4.78 is 6.27. The molecule has 8 heteroatoms. The Morgan fingerprint density at radius 1 is 1.21 bits per heavy atom. The number of nitrogens with zero attached hydrogens (tertiary/aromatic N) is 2. The van der Waals surface area contributed by atoms with Crippen molar-refractivity contribution in [3.8, 4) is 5.75 Å². The molecule has 0 aliphatic rings. The van der Waals surface area contributed by atoms with E-state index in [4.69, 9.17) is 4.74 Å². The van der Waals surface area contributed by atoms with Crippen LogP contribution in [0, 0.1) is 6.92 Å². The number of aromatic nitrogens is 2. The largest absolute Gasteiger partial charge is 0.495 e. The number of amides is 2. The van der Waals surface area contributed by atoms with Crippen molar-refractivity contribution in [2.24, 2.45) is 0 Å². The van der Waals surface area contributed by atoms with E-state index in [0.29, 0.717) is 22.8 Å². The number of anilines is 2. The number of ether oxygens (including phenoxy) is 1. The number of carbonyl (C=O) groups is 2. The summed E-state index contributed by atoms with van der Waals surface area (Å²) in [5.41, 5.74) is 1.17. The van der Waals surface area contributed by atoms with Crippen LogP contribution in [-0.4, -0.2) is 28.7 Å². The van der Waals surface area contributed by atoms with Crippen molar-refractivity contribution >= 4 is 23.2 Å². The zero-order valence-corrected chi connectivity index (χ0v) is 13.6. The maximum absolute atomic E-state index is 12.2. The number of carbonyl (C=O) groups excluding carboxylic acids is 2. The van der Waals surface area contributed by atoms with E-state index in [-0.39, 0.29) is 18.0 Å². The van der Waals surface area contributed by atoms with Crippen molar-refractivity contribution in [1.29, 1.82) is 0 Å². The van der Waals surface area contributed by atoms with Crippen molar-refractivity contribution in [3.05, 3.63) is 46.4 Å². The van der Waals surface area contributed by atoms with E-state index in [1.54, 1.807) is 31.2 Å². The van der Waals surface area contributed by atoms with E-state index < -0.39 is 5.91 Å². The highest BCUT2D eigenvalue weighted by Gasteiger charge is 2.11. The van der Waals surface area contributed by atoms with Gasteiger partial charge in [0.25, 0.3) is 5.56 Å². The molecular weight excluding hydrogens is 312 g/mol. The van der Waals surface area contributed by atoms with E-state index in [9.17, 15) is 14.4 Å². The van der Waals surface area contributed by atoms with Gasteiger partial charge in [-0.05, 0) is 31.2 Å². The minimum atomic E-state index is -0.437. The molecule has 0 aliphatic carbocycles. The molecule has 0 atom stereocenters. The van der Waals surface area contributed by atoms with Crippen LogP contribution < -0.4 is 20.9 Å². The van der Waals surface area contributed by atoms with Crippen LogP contribution in [0.5, 0.6) is 5.75 Å². The van der Waals surface area contributed by atoms with E-state index in [2.05, 4.69) is 15.7 Å².